The van der Waals surface area contributed by atoms with Crippen LogP contribution in [0.3, 0.4) is 0 Å². The number of benzene rings is 1. The van der Waals surface area contributed by atoms with Crippen LogP contribution in [0, 0.1) is 20.8 Å². The first-order valence-electron chi connectivity index (χ1n) is 8.26. The van der Waals surface area contributed by atoms with Crippen LogP contribution in [0.15, 0.2) is 29.4 Å². The van der Waals surface area contributed by atoms with Crippen molar-refractivity contribution in [3.63, 3.8) is 0 Å². The Morgan fingerprint density at radius 1 is 1.15 bits per heavy atom. The molecule has 7 nitrogen and oxygen atoms in total. The van der Waals surface area contributed by atoms with Gasteiger partial charge in [0, 0.05) is 19.7 Å². The molecule has 0 aliphatic carbocycles. The number of aromatic nitrogens is 5. The van der Waals surface area contributed by atoms with Crippen molar-refractivity contribution in [2.45, 2.75) is 25.9 Å². The van der Waals surface area contributed by atoms with Gasteiger partial charge >= 0.3 is 0 Å². The van der Waals surface area contributed by atoms with Crippen molar-refractivity contribution in [2.75, 3.05) is 11.1 Å². The molecule has 0 aliphatic heterocycles. The van der Waals surface area contributed by atoms with Crippen LogP contribution < -0.4 is 5.32 Å². The van der Waals surface area contributed by atoms with E-state index in [0.29, 0.717) is 5.16 Å². The van der Waals surface area contributed by atoms with Crippen molar-refractivity contribution in [3.05, 3.63) is 41.2 Å². The Labute approximate surface area is 156 Å². The molecule has 2 aromatic heterocycles. The highest BCUT2D eigenvalue weighted by Crippen LogP contribution is 2.25. The quantitative estimate of drug-likeness (QED) is 0.699. The normalized spacial score (nSPS) is 11.0. The van der Waals surface area contributed by atoms with E-state index < -0.39 is 0 Å². The number of amides is 1. The zero-order valence-corrected chi connectivity index (χ0v) is 16.4. The van der Waals surface area contributed by atoms with Gasteiger partial charge in [-0.2, -0.15) is 5.10 Å². The van der Waals surface area contributed by atoms with Crippen LogP contribution in [-0.4, -0.2) is 36.2 Å². The van der Waals surface area contributed by atoms with E-state index in [-0.39, 0.29) is 11.7 Å². The molecule has 3 rings (SSSR count). The van der Waals surface area contributed by atoms with E-state index in [9.17, 15) is 4.79 Å². The largest absolute Gasteiger partial charge is 0.322 e. The molecule has 0 spiro atoms. The number of nitrogens with zero attached hydrogens (tertiary/aromatic N) is 5. The van der Waals surface area contributed by atoms with Gasteiger partial charge in [-0.05, 0) is 26.3 Å². The van der Waals surface area contributed by atoms with Crippen molar-refractivity contribution < 1.29 is 4.79 Å². The maximum Gasteiger partial charge on any atom is 0.234 e. The standard InChI is InChI=1S/C18H22N6OS/c1-11-8-6-7-9-14(11)17-20-21-18(23(17)4)26-10-15(25)19-16-12(2)22-24(5)13(16)3/h6-9H,10H2,1-5H3,(H,19,25). The molecular formula is C18H22N6OS. The maximum atomic E-state index is 12.3. The summed E-state index contributed by atoms with van der Waals surface area (Å²) in [4.78, 5) is 12.3. The minimum absolute atomic E-state index is 0.0883. The predicted molar refractivity (Wildman–Crippen MR) is 103 cm³/mol. The number of anilines is 1. The second-order valence-electron chi connectivity index (χ2n) is 6.19. The molecule has 0 atom stereocenters. The molecule has 0 unspecified atom stereocenters. The number of aryl methyl sites for hydroxylation is 3. The van der Waals surface area contributed by atoms with Crippen molar-refractivity contribution in [2.24, 2.45) is 14.1 Å². The summed E-state index contributed by atoms with van der Waals surface area (Å²) in [6, 6.07) is 8.05. The fourth-order valence-electron chi connectivity index (χ4n) is 2.76. The van der Waals surface area contributed by atoms with Crippen molar-refractivity contribution in [1.82, 2.24) is 24.5 Å². The molecule has 26 heavy (non-hydrogen) atoms. The summed E-state index contributed by atoms with van der Waals surface area (Å²) >= 11 is 1.36. The van der Waals surface area contributed by atoms with Crippen molar-refractivity contribution in [3.8, 4) is 11.4 Å². The van der Waals surface area contributed by atoms with Crippen LogP contribution in [0.5, 0.6) is 0 Å². The van der Waals surface area contributed by atoms with Crippen molar-refractivity contribution in [1.29, 1.82) is 0 Å². The molecule has 0 radical (unpaired) electrons. The lowest BCUT2D eigenvalue weighted by Gasteiger charge is -2.07. The monoisotopic (exact) mass is 370 g/mol. The van der Waals surface area contributed by atoms with E-state index in [0.717, 1.165) is 34.0 Å². The molecule has 0 saturated carbocycles. The number of rotatable bonds is 5. The Bertz CT molecular complexity index is 959. The van der Waals surface area contributed by atoms with E-state index in [4.69, 9.17) is 0 Å². The highest BCUT2D eigenvalue weighted by Gasteiger charge is 2.16. The topological polar surface area (TPSA) is 77.6 Å². The predicted octanol–water partition coefficient (Wildman–Crippen LogP) is 2.87. The van der Waals surface area contributed by atoms with Gasteiger partial charge in [-0.3, -0.25) is 9.48 Å². The number of carbonyl (C=O) groups is 1. The summed E-state index contributed by atoms with van der Waals surface area (Å²) in [7, 11) is 3.77. The van der Waals surface area contributed by atoms with Crippen molar-refractivity contribution >= 4 is 23.4 Å². The Morgan fingerprint density at radius 2 is 1.88 bits per heavy atom. The van der Waals surface area contributed by atoms with Gasteiger partial charge in [0.2, 0.25) is 5.91 Å². The smallest absolute Gasteiger partial charge is 0.234 e. The first-order chi connectivity index (χ1) is 12.4. The molecule has 0 saturated heterocycles. The van der Waals surface area contributed by atoms with Gasteiger partial charge in [-0.25, -0.2) is 0 Å². The average molecular weight is 370 g/mol. The van der Waals surface area contributed by atoms with Crippen LogP contribution >= 0.6 is 11.8 Å². The minimum atomic E-state index is -0.0883. The van der Waals surface area contributed by atoms with Crippen LogP contribution in [0.25, 0.3) is 11.4 Å². The van der Waals surface area contributed by atoms with Gasteiger partial charge in [0.05, 0.1) is 22.8 Å². The average Bonchev–Trinajstić information content (AvgIpc) is 3.08. The van der Waals surface area contributed by atoms with E-state index in [1.165, 1.54) is 11.8 Å². The van der Waals surface area contributed by atoms with Crippen LogP contribution in [0.2, 0.25) is 0 Å². The highest BCUT2D eigenvalue weighted by molar-refractivity contribution is 7.99. The lowest BCUT2D eigenvalue weighted by Crippen LogP contribution is -2.15. The second kappa shape index (κ2) is 7.33. The molecule has 0 bridgehead atoms. The molecule has 3 aromatic rings. The van der Waals surface area contributed by atoms with E-state index in [1.807, 2.05) is 63.7 Å². The summed E-state index contributed by atoms with van der Waals surface area (Å²) in [5.74, 6) is 0.965. The van der Waals surface area contributed by atoms with Crippen LogP contribution in [0.4, 0.5) is 5.69 Å². The minimum Gasteiger partial charge on any atom is -0.322 e. The first kappa shape index (κ1) is 18.2. The second-order valence-corrected chi connectivity index (χ2v) is 7.13. The number of hydrogen-bond acceptors (Lipinski definition) is 5. The number of nitrogens with one attached hydrogen (secondary N) is 1. The molecule has 136 valence electrons. The lowest BCUT2D eigenvalue weighted by molar-refractivity contribution is -0.113. The summed E-state index contributed by atoms with van der Waals surface area (Å²) in [6.45, 7) is 5.86. The van der Waals surface area contributed by atoms with Crippen LogP contribution in [0.1, 0.15) is 17.0 Å². The van der Waals surface area contributed by atoms with E-state index >= 15 is 0 Å². The molecule has 0 fully saturated rings. The Kier molecular flexibility index (Phi) is 5.13. The summed E-state index contributed by atoms with van der Waals surface area (Å²) in [5, 5.41) is 16.5. The fourth-order valence-corrected chi connectivity index (χ4v) is 3.47. The van der Waals surface area contributed by atoms with Gasteiger partial charge in [0.1, 0.15) is 0 Å². The number of carbonyl (C=O) groups excluding carboxylic acids is 1. The molecule has 2 heterocycles. The third kappa shape index (κ3) is 3.50. The zero-order valence-electron chi connectivity index (χ0n) is 15.6. The Morgan fingerprint density at radius 3 is 2.54 bits per heavy atom. The van der Waals surface area contributed by atoms with E-state index in [1.54, 1.807) is 4.68 Å². The van der Waals surface area contributed by atoms with Crippen LogP contribution in [-0.2, 0) is 18.9 Å². The van der Waals surface area contributed by atoms with E-state index in [2.05, 4.69) is 20.6 Å². The maximum absolute atomic E-state index is 12.3. The fraction of sp³-hybridized carbons (Fsp3) is 0.333. The Balaban J connectivity index is 1.69. The van der Waals surface area contributed by atoms with Gasteiger partial charge in [-0.15, -0.1) is 10.2 Å². The molecule has 1 N–H and O–H groups in total. The molecule has 1 aromatic carbocycles. The molecular weight excluding hydrogens is 348 g/mol. The highest BCUT2D eigenvalue weighted by atomic mass is 32.2. The first-order valence-corrected chi connectivity index (χ1v) is 9.25. The summed E-state index contributed by atoms with van der Waals surface area (Å²) in [6.07, 6.45) is 0. The molecule has 0 aliphatic rings. The number of hydrogen-bond donors (Lipinski definition) is 1. The summed E-state index contributed by atoms with van der Waals surface area (Å²) < 4.78 is 3.68. The SMILES string of the molecule is Cc1ccccc1-c1nnc(SCC(=O)Nc2c(C)nn(C)c2C)n1C. The third-order valence-corrected chi connectivity index (χ3v) is 5.35. The van der Waals surface area contributed by atoms with Gasteiger partial charge in [-0.1, -0.05) is 36.0 Å². The van der Waals surface area contributed by atoms with Gasteiger partial charge < -0.3 is 9.88 Å². The van der Waals surface area contributed by atoms with Gasteiger partial charge in [0.15, 0.2) is 11.0 Å². The summed E-state index contributed by atoms with van der Waals surface area (Å²) in [5.41, 5.74) is 4.70. The number of thioether (sulfide) groups is 1. The third-order valence-electron chi connectivity index (χ3n) is 4.33. The van der Waals surface area contributed by atoms with Gasteiger partial charge in [0.25, 0.3) is 0 Å². The Hall–Kier alpha value is -2.61. The zero-order chi connectivity index (χ0) is 18.8. The lowest BCUT2D eigenvalue weighted by atomic mass is 10.1. The molecule has 1 amide bonds. The molecule has 8 heteroatoms.